The van der Waals surface area contributed by atoms with Crippen LogP contribution in [0.3, 0.4) is 0 Å². The molecule has 0 saturated heterocycles. The number of hydrogen-bond acceptors (Lipinski definition) is 3. The van der Waals surface area contributed by atoms with Gasteiger partial charge in [-0.3, -0.25) is 0 Å². The number of ether oxygens (including phenoxy) is 1. The molecule has 3 unspecified atom stereocenters. The number of aliphatic hydroxyl groups is 1. The highest BCUT2D eigenvalue weighted by molar-refractivity contribution is 5.76. The Bertz CT molecular complexity index is 220. The average molecular weight is 234 g/mol. The van der Waals surface area contributed by atoms with Crippen molar-refractivity contribution in [3.05, 3.63) is 0 Å². The van der Waals surface area contributed by atoms with Crippen LogP contribution in [0.25, 0.3) is 0 Å². The third kappa shape index (κ3) is 4.08. The van der Waals surface area contributed by atoms with Crippen LogP contribution in [0, 0.1) is 5.92 Å². The molecule has 0 aliphatic rings. The lowest BCUT2D eigenvalue weighted by atomic mass is 9.84. The summed E-state index contributed by atoms with van der Waals surface area (Å²) >= 11 is 0. The smallest absolute Gasteiger partial charge is 0.343 e. The molecule has 0 heterocycles. The molecule has 0 bridgehead atoms. The summed E-state index contributed by atoms with van der Waals surface area (Å²) in [6.07, 6.45) is -0.624. The first kappa shape index (κ1) is 15.4. The summed E-state index contributed by atoms with van der Waals surface area (Å²) in [5.41, 5.74) is -1.60. The summed E-state index contributed by atoms with van der Waals surface area (Å²) in [5.74, 6) is -0.784. The van der Waals surface area contributed by atoms with E-state index in [0.717, 1.165) is 6.42 Å². The van der Waals surface area contributed by atoms with Crippen LogP contribution >= 0.6 is 0 Å². The van der Waals surface area contributed by atoms with E-state index in [1.165, 1.54) is 0 Å². The van der Waals surface area contributed by atoms with Gasteiger partial charge >= 0.3 is 5.97 Å². The standard InChI is InChI=1S/C12H23FO3/c1-5-9(4)8-12(15,6-2)10(13)11(14)16-7-3/h9-10,15H,5-8H2,1-4H3. The number of hydrogen-bond donors (Lipinski definition) is 1. The lowest BCUT2D eigenvalue weighted by Crippen LogP contribution is -2.45. The molecule has 0 saturated carbocycles. The zero-order valence-electron chi connectivity index (χ0n) is 10.6. The summed E-state index contributed by atoms with van der Waals surface area (Å²) in [6.45, 7) is 7.32. The molecule has 4 heteroatoms. The summed E-state index contributed by atoms with van der Waals surface area (Å²) in [7, 11) is 0. The number of alkyl halides is 1. The Morgan fingerprint density at radius 2 is 2.00 bits per heavy atom. The predicted molar refractivity (Wildman–Crippen MR) is 60.8 cm³/mol. The second-order valence-electron chi connectivity index (χ2n) is 4.29. The molecular formula is C12H23FO3. The number of esters is 1. The average Bonchev–Trinajstić information content (AvgIpc) is 2.27. The Hall–Kier alpha value is -0.640. The minimum atomic E-state index is -1.95. The minimum absolute atomic E-state index is 0.127. The van der Waals surface area contributed by atoms with Gasteiger partial charge < -0.3 is 9.84 Å². The summed E-state index contributed by atoms with van der Waals surface area (Å²) in [6, 6.07) is 0. The van der Waals surface area contributed by atoms with Gasteiger partial charge in [0.1, 0.15) is 5.60 Å². The third-order valence-electron chi connectivity index (χ3n) is 2.98. The first-order valence-electron chi connectivity index (χ1n) is 5.94. The highest BCUT2D eigenvalue weighted by Gasteiger charge is 2.42. The van der Waals surface area contributed by atoms with Crippen LogP contribution in [0.4, 0.5) is 4.39 Å². The van der Waals surface area contributed by atoms with Crippen LogP contribution in [0.15, 0.2) is 0 Å². The molecule has 0 aliphatic heterocycles. The molecule has 0 aliphatic carbocycles. The van der Waals surface area contributed by atoms with Crippen LogP contribution in [0.5, 0.6) is 0 Å². The number of carbonyl (C=O) groups excluding carboxylic acids is 1. The molecule has 96 valence electrons. The molecule has 0 rings (SSSR count). The Balaban J connectivity index is 4.60. The van der Waals surface area contributed by atoms with Gasteiger partial charge in [-0.05, 0) is 25.7 Å². The second-order valence-corrected chi connectivity index (χ2v) is 4.29. The fraction of sp³-hybridized carbons (Fsp3) is 0.917. The van der Waals surface area contributed by atoms with Gasteiger partial charge in [0.25, 0.3) is 0 Å². The lowest BCUT2D eigenvalue weighted by Gasteiger charge is -2.31. The van der Waals surface area contributed by atoms with Crippen molar-refractivity contribution < 1.29 is 19.0 Å². The predicted octanol–water partition coefficient (Wildman–Crippen LogP) is 2.46. The maximum absolute atomic E-state index is 13.8. The second kappa shape index (κ2) is 6.84. The fourth-order valence-corrected chi connectivity index (χ4v) is 1.61. The van der Waals surface area contributed by atoms with Crippen molar-refractivity contribution in [3.8, 4) is 0 Å². The minimum Gasteiger partial charge on any atom is -0.464 e. The van der Waals surface area contributed by atoms with E-state index in [1.807, 2.05) is 13.8 Å². The van der Waals surface area contributed by atoms with E-state index < -0.39 is 17.7 Å². The molecule has 16 heavy (non-hydrogen) atoms. The van der Waals surface area contributed by atoms with Crippen LogP contribution in [-0.4, -0.2) is 29.5 Å². The van der Waals surface area contributed by atoms with Crippen LogP contribution in [-0.2, 0) is 9.53 Å². The van der Waals surface area contributed by atoms with Crippen molar-refractivity contribution in [2.75, 3.05) is 6.61 Å². The first-order chi connectivity index (χ1) is 7.41. The van der Waals surface area contributed by atoms with Crippen molar-refractivity contribution in [1.29, 1.82) is 0 Å². The van der Waals surface area contributed by atoms with Crippen LogP contribution < -0.4 is 0 Å². The summed E-state index contributed by atoms with van der Waals surface area (Å²) in [5, 5.41) is 10.1. The van der Waals surface area contributed by atoms with Crippen molar-refractivity contribution in [2.24, 2.45) is 5.92 Å². The number of halogens is 1. The summed E-state index contributed by atoms with van der Waals surface area (Å²) in [4.78, 5) is 11.3. The molecule has 3 nitrogen and oxygen atoms in total. The first-order valence-corrected chi connectivity index (χ1v) is 5.94. The van der Waals surface area contributed by atoms with E-state index in [4.69, 9.17) is 0 Å². The Morgan fingerprint density at radius 1 is 1.44 bits per heavy atom. The molecule has 0 aromatic carbocycles. The highest BCUT2D eigenvalue weighted by atomic mass is 19.1. The SMILES string of the molecule is CCOC(=O)C(F)C(O)(CC)CC(C)CC. The molecular weight excluding hydrogens is 211 g/mol. The Labute approximate surface area is 97.0 Å². The third-order valence-corrected chi connectivity index (χ3v) is 2.98. The maximum atomic E-state index is 13.8. The van der Waals surface area contributed by atoms with Crippen LogP contribution in [0.2, 0.25) is 0 Å². The number of carbonyl (C=O) groups is 1. The number of rotatable bonds is 7. The largest absolute Gasteiger partial charge is 0.464 e. The van der Waals surface area contributed by atoms with Gasteiger partial charge in [0.15, 0.2) is 0 Å². The zero-order chi connectivity index (χ0) is 12.8. The van der Waals surface area contributed by atoms with Crippen molar-refractivity contribution in [1.82, 2.24) is 0 Å². The molecule has 0 fully saturated rings. The monoisotopic (exact) mass is 234 g/mol. The molecule has 0 aromatic heterocycles. The summed E-state index contributed by atoms with van der Waals surface area (Å²) < 4.78 is 18.4. The van der Waals surface area contributed by atoms with Gasteiger partial charge in [-0.1, -0.05) is 27.2 Å². The van der Waals surface area contributed by atoms with Gasteiger partial charge in [-0.15, -0.1) is 0 Å². The molecule has 0 spiro atoms. The normalized spacial score (nSPS) is 18.6. The van der Waals surface area contributed by atoms with E-state index in [-0.39, 0.29) is 25.4 Å². The fourth-order valence-electron chi connectivity index (χ4n) is 1.61. The van der Waals surface area contributed by atoms with E-state index in [1.54, 1.807) is 13.8 Å². The van der Waals surface area contributed by atoms with Crippen molar-refractivity contribution in [2.45, 2.75) is 58.7 Å². The topological polar surface area (TPSA) is 46.5 Å². The van der Waals surface area contributed by atoms with E-state index in [9.17, 15) is 14.3 Å². The Kier molecular flexibility index (Phi) is 6.56. The van der Waals surface area contributed by atoms with E-state index in [0.29, 0.717) is 0 Å². The maximum Gasteiger partial charge on any atom is 0.343 e. The van der Waals surface area contributed by atoms with Gasteiger partial charge in [0.2, 0.25) is 6.17 Å². The zero-order valence-corrected chi connectivity index (χ0v) is 10.6. The van der Waals surface area contributed by atoms with Crippen LogP contribution in [0.1, 0.15) is 47.0 Å². The molecule has 0 radical (unpaired) electrons. The molecule has 0 amide bonds. The molecule has 1 N–H and O–H groups in total. The molecule has 0 aromatic rings. The van der Waals surface area contributed by atoms with E-state index in [2.05, 4.69) is 4.74 Å². The van der Waals surface area contributed by atoms with Gasteiger partial charge in [-0.2, -0.15) is 0 Å². The van der Waals surface area contributed by atoms with Gasteiger partial charge in [0, 0.05) is 0 Å². The van der Waals surface area contributed by atoms with Crippen molar-refractivity contribution in [3.63, 3.8) is 0 Å². The lowest BCUT2D eigenvalue weighted by molar-refractivity contribution is -0.162. The van der Waals surface area contributed by atoms with Crippen molar-refractivity contribution >= 4 is 5.97 Å². The quantitative estimate of drug-likeness (QED) is 0.688. The molecule has 3 atom stereocenters. The van der Waals surface area contributed by atoms with Gasteiger partial charge in [0.05, 0.1) is 6.61 Å². The highest BCUT2D eigenvalue weighted by Crippen LogP contribution is 2.28. The van der Waals surface area contributed by atoms with E-state index >= 15 is 0 Å². The Morgan fingerprint density at radius 3 is 2.38 bits per heavy atom. The van der Waals surface area contributed by atoms with Gasteiger partial charge in [-0.25, -0.2) is 9.18 Å².